The summed E-state index contributed by atoms with van der Waals surface area (Å²) in [7, 11) is 1.46. The molecule has 204 valence electrons. The fourth-order valence-electron chi connectivity index (χ4n) is 4.15. The molecule has 13 heteroatoms. The fourth-order valence-corrected chi connectivity index (χ4v) is 4.15. The number of anilines is 1. The number of fused-ring (bicyclic) bond motifs is 1. The third-order valence-electron chi connectivity index (χ3n) is 6.41. The summed E-state index contributed by atoms with van der Waals surface area (Å²) in [5, 5.41) is 20.0. The van der Waals surface area contributed by atoms with E-state index in [0.29, 0.717) is 18.7 Å². The quantitative estimate of drug-likeness (QED) is 0.620. The van der Waals surface area contributed by atoms with Gasteiger partial charge in [0.05, 0.1) is 48.5 Å². The number of hydrogen-bond acceptors (Lipinski definition) is 6. The topological polar surface area (TPSA) is 113 Å². The van der Waals surface area contributed by atoms with Gasteiger partial charge >= 0.3 is 12.2 Å². The van der Waals surface area contributed by atoms with Gasteiger partial charge in [0.25, 0.3) is 0 Å². The van der Waals surface area contributed by atoms with Crippen molar-refractivity contribution >= 4 is 17.6 Å². The van der Waals surface area contributed by atoms with Crippen LogP contribution in [0.5, 0.6) is 0 Å². The molecule has 2 aromatic rings. The maximum Gasteiger partial charge on any atom is 0.418 e. The van der Waals surface area contributed by atoms with E-state index in [1.165, 1.54) is 30.1 Å². The molecule has 3 rings (SSSR count). The molecule has 0 radical (unpaired) electrons. The predicted octanol–water partition coefficient (Wildman–Crippen LogP) is 2.99. The van der Waals surface area contributed by atoms with Crippen molar-refractivity contribution in [3.05, 3.63) is 41.7 Å². The number of carbonyl (C=O) groups excluding carboxylic acids is 2. The highest BCUT2D eigenvalue weighted by atomic mass is 19.4. The van der Waals surface area contributed by atoms with Crippen LogP contribution in [0.4, 0.5) is 23.7 Å². The Morgan fingerprint density at radius 1 is 1.35 bits per heavy atom. The monoisotopic (exact) mass is 526 g/mol. The van der Waals surface area contributed by atoms with Crippen molar-refractivity contribution in [2.24, 2.45) is 5.92 Å². The molecule has 1 aromatic carbocycles. The van der Waals surface area contributed by atoms with Gasteiger partial charge in [0.15, 0.2) is 0 Å². The lowest BCUT2D eigenvalue weighted by Gasteiger charge is -2.35. The molecule has 0 spiro atoms. The number of aliphatic hydroxyl groups excluding tert-OH is 1. The van der Waals surface area contributed by atoms with Gasteiger partial charge in [-0.2, -0.15) is 13.2 Å². The Kier molecular flexibility index (Phi) is 9.49. The van der Waals surface area contributed by atoms with E-state index >= 15 is 0 Å². The molecule has 0 aliphatic carbocycles. The van der Waals surface area contributed by atoms with Gasteiger partial charge in [0.2, 0.25) is 5.91 Å². The fraction of sp³-hybridized carbons (Fsp3) is 0.583. The zero-order chi connectivity index (χ0) is 27.2. The Labute approximate surface area is 213 Å². The molecular formula is C24H33F3N6O4. The zero-order valence-corrected chi connectivity index (χ0v) is 21.1. The third-order valence-corrected chi connectivity index (χ3v) is 6.41. The number of rotatable bonds is 5. The van der Waals surface area contributed by atoms with Crippen LogP contribution >= 0.6 is 0 Å². The summed E-state index contributed by atoms with van der Waals surface area (Å²) in [6.07, 6.45) is -2.82. The smallest absolute Gasteiger partial charge is 0.394 e. The summed E-state index contributed by atoms with van der Waals surface area (Å²) in [6, 6.07) is 3.61. The lowest BCUT2D eigenvalue weighted by Crippen LogP contribution is -2.48. The van der Waals surface area contributed by atoms with Crippen LogP contribution in [0.15, 0.2) is 30.5 Å². The minimum absolute atomic E-state index is 0.0400. The molecular weight excluding hydrogens is 493 g/mol. The molecule has 2 heterocycles. The second-order valence-electron chi connectivity index (χ2n) is 9.31. The standard InChI is InChI=1S/C24H33F3N6O4/c1-16-12-32(17(2)14-34)22(35)9-6-10-33-18(11-28-30-33)15-37-21(16)13-31(3)23(36)29-20-8-5-4-7-19(20)24(25,26)27/h4-5,7-8,11,16-17,21,34H,6,9-10,12-15H2,1-3H3,(H,29,36)/t16-,17-,21-/m1/s1. The minimum Gasteiger partial charge on any atom is -0.394 e. The Morgan fingerprint density at radius 2 is 2.08 bits per heavy atom. The van der Waals surface area contributed by atoms with E-state index in [4.69, 9.17) is 4.74 Å². The lowest BCUT2D eigenvalue weighted by atomic mass is 10.0. The number of aliphatic hydroxyl groups is 1. The molecule has 10 nitrogen and oxygen atoms in total. The largest absolute Gasteiger partial charge is 0.418 e. The van der Waals surface area contributed by atoms with Gasteiger partial charge in [-0.3, -0.25) is 4.79 Å². The first-order valence-corrected chi connectivity index (χ1v) is 12.1. The van der Waals surface area contributed by atoms with Crippen molar-refractivity contribution in [2.45, 2.75) is 58.2 Å². The number of likely N-dealkylation sites (N-methyl/N-ethyl adjacent to an activating group) is 1. The van der Waals surface area contributed by atoms with Gasteiger partial charge in [-0.05, 0) is 25.5 Å². The molecule has 0 saturated heterocycles. The molecule has 2 N–H and O–H groups in total. The highest BCUT2D eigenvalue weighted by Gasteiger charge is 2.34. The first-order valence-electron chi connectivity index (χ1n) is 12.1. The second kappa shape index (κ2) is 12.4. The van der Waals surface area contributed by atoms with Crippen LogP contribution in [0.3, 0.4) is 0 Å². The summed E-state index contributed by atoms with van der Waals surface area (Å²) in [4.78, 5) is 28.6. The number of nitrogens with zero attached hydrogens (tertiary/aromatic N) is 5. The average molecular weight is 527 g/mol. The van der Waals surface area contributed by atoms with Gasteiger partial charge in [-0.15, -0.1) is 5.10 Å². The van der Waals surface area contributed by atoms with Crippen LogP contribution in [-0.4, -0.2) is 80.7 Å². The van der Waals surface area contributed by atoms with Gasteiger partial charge in [0, 0.05) is 39.0 Å². The molecule has 1 aromatic heterocycles. The van der Waals surface area contributed by atoms with Crippen LogP contribution in [-0.2, 0) is 28.9 Å². The zero-order valence-electron chi connectivity index (χ0n) is 21.1. The summed E-state index contributed by atoms with van der Waals surface area (Å²) >= 11 is 0. The molecule has 37 heavy (non-hydrogen) atoms. The van der Waals surface area contributed by atoms with Crippen LogP contribution in [0.25, 0.3) is 0 Å². The van der Waals surface area contributed by atoms with Crippen molar-refractivity contribution in [2.75, 3.05) is 32.1 Å². The van der Waals surface area contributed by atoms with Crippen molar-refractivity contribution in [3.63, 3.8) is 0 Å². The number of aryl methyl sites for hydroxylation is 1. The molecule has 0 saturated carbocycles. The summed E-state index contributed by atoms with van der Waals surface area (Å²) in [5.41, 5.74) is -0.583. The molecule has 0 bridgehead atoms. The number of amides is 3. The molecule has 3 atom stereocenters. The van der Waals surface area contributed by atoms with E-state index in [-0.39, 0.29) is 50.2 Å². The van der Waals surface area contributed by atoms with Gasteiger partial charge in [-0.25, -0.2) is 9.48 Å². The normalized spacial score (nSPS) is 20.4. The molecule has 3 amide bonds. The Hall–Kier alpha value is -3.19. The van der Waals surface area contributed by atoms with Crippen LogP contribution in [0, 0.1) is 5.92 Å². The first-order chi connectivity index (χ1) is 17.5. The highest BCUT2D eigenvalue weighted by molar-refractivity contribution is 5.90. The van der Waals surface area contributed by atoms with Crippen LogP contribution in [0.2, 0.25) is 0 Å². The maximum absolute atomic E-state index is 13.4. The van der Waals surface area contributed by atoms with Crippen molar-refractivity contribution in [1.29, 1.82) is 0 Å². The number of halogens is 3. The molecule has 0 fully saturated rings. The third kappa shape index (κ3) is 7.41. The van der Waals surface area contributed by atoms with E-state index in [1.54, 1.807) is 22.7 Å². The first kappa shape index (κ1) is 28.4. The Balaban J connectivity index is 1.79. The van der Waals surface area contributed by atoms with Crippen LogP contribution < -0.4 is 5.32 Å². The number of nitrogens with one attached hydrogen (secondary N) is 1. The number of para-hydroxylation sites is 1. The number of aromatic nitrogens is 3. The summed E-state index contributed by atoms with van der Waals surface area (Å²) in [6.45, 7) is 4.33. The van der Waals surface area contributed by atoms with Crippen molar-refractivity contribution in [1.82, 2.24) is 24.8 Å². The number of hydrogen-bond donors (Lipinski definition) is 2. The van der Waals surface area contributed by atoms with Crippen molar-refractivity contribution < 1.29 is 32.6 Å². The van der Waals surface area contributed by atoms with Gasteiger partial charge < -0.3 is 25.0 Å². The van der Waals surface area contributed by atoms with Gasteiger partial charge in [0.1, 0.15) is 0 Å². The number of benzene rings is 1. The summed E-state index contributed by atoms with van der Waals surface area (Å²) < 4.78 is 47.9. The van der Waals surface area contributed by atoms with E-state index in [2.05, 4.69) is 15.6 Å². The Bertz CT molecular complexity index is 1060. The van der Waals surface area contributed by atoms with E-state index < -0.39 is 29.9 Å². The SMILES string of the molecule is C[C@@H]1CN([C@H](C)CO)C(=O)CCCn2nncc2CO[C@@H]1CN(C)C(=O)Nc1ccccc1C(F)(F)F. The number of alkyl halides is 3. The van der Waals surface area contributed by atoms with Crippen molar-refractivity contribution in [3.8, 4) is 0 Å². The van der Waals surface area contributed by atoms with E-state index in [0.717, 1.165) is 6.07 Å². The van der Waals surface area contributed by atoms with Gasteiger partial charge in [-0.1, -0.05) is 24.3 Å². The van der Waals surface area contributed by atoms with Crippen LogP contribution in [0.1, 0.15) is 37.9 Å². The Morgan fingerprint density at radius 3 is 2.78 bits per heavy atom. The number of ether oxygens (including phenoxy) is 1. The second-order valence-corrected chi connectivity index (χ2v) is 9.31. The number of urea groups is 1. The highest BCUT2D eigenvalue weighted by Crippen LogP contribution is 2.34. The minimum atomic E-state index is -4.62. The average Bonchev–Trinajstić information content (AvgIpc) is 3.30. The van der Waals surface area contributed by atoms with E-state index in [9.17, 15) is 27.9 Å². The predicted molar refractivity (Wildman–Crippen MR) is 128 cm³/mol. The summed E-state index contributed by atoms with van der Waals surface area (Å²) in [5.74, 6) is -0.399. The molecule has 0 unspecified atom stereocenters. The van der Waals surface area contributed by atoms with E-state index in [1.807, 2.05) is 6.92 Å². The lowest BCUT2D eigenvalue weighted by molar-refractivity contribution is -0.137. The molecule has 1 aliphatic heterocycles. The number of carbonyl (C=O) groups is 2. The molecule has 1 aliphatic rings. The maximum atomic E-state index is 13.4.